The Bertz CT molecular complexity index is 133. The Morgan fingerprint density at radius 2 is 1.43 bits per heavy atom. The zero-order valence-electron chi connectivity index (χ0n) is 4.05. The van der Waals surface area contributed by atoms with Crippen LogP contribution in [0.2, 0.25) is 0 Å². The van der Waals surface area contributed by atoms with Gasteiger partial charge < -0.3 is 0 Å². The van der Waals surface area contributed by atoms with Crippen molar-refractivity contribution in [2.75, 3.05) is 11.5 Å². The molecule has 0 amide bonds. The van der Waals surface area contributed by atoms with Crippen molar-refractivity contribution >= 4 is 9.84 Å². The van der Waals surface area contributed by atoms with Gasteiger partial charge in [-0.1, -0.05) is 0 Å². The summed E-state index contributed by atoms with van der Waals surface area (Å²) in [5.41, 5.74) is 0. The molecule has 0 bridgehead atoms. The zero-order chi connectivity index (χ0) is 5.33. The van der Waals surface area contributed by atoms with Crippen LogP contribution in [0.5, 0.6) is 0 Å². The summed E-state index contributed by atoms with van der Waals surface area (Å²) in [6.07, 6.45) is 1.75. The van der Waals surface area contributed by atoms with E-state index in [1.807, 2.05) is 0 Å². The van der Waals surface area contributed by atoms with E-state index in [1.165, 1.54) is 0 Å². The van der Waals surface area contributed by atoms with Crippen LogP contribution in [-0.4, -0.2) is 19.9 Å². The highest BCUT2D eigenvalue weighted by atomic mass is 32.2. The van der Waals surface area contributed by atoms with Crippen molar-refractivity contribution in [1.29, 1.82) is 0 Å². The molecular formula is C4H8O2S. The third-order valence-corrected chi connectivity index (χ3v) is 2.98. The maximum Gasteiger partial charge on any atom is 0.150 e. The number of rotatable bonds is 0. The molecule has 0 radical (unpaired) electrons. The molecule has 0 N–H and O–H groups in total. The predicted molar refractivity (Wildman–Crippen MR) is 27.9 cm³/mol. The van der Waals surface area contributed by atoms with Crippen LogP contribution >= 0.6 is 0 Å². The molecule has 1 saturated heterocycles. The normalized spacial score (nSPS) is 28.0. The van der Waals surface area contributed by atoms with Crippen molar-refractivity contribution in [3.05, 3.63) is 0 Å². The molecule has 1 aliphatic rings. The molecule has 0 saturated carbocycles. The molecule has 1 fully saturated rings. The van der Waals surface area contributed by atoms with E-state index in [4.69, 9.17) is 0 Å². The molecule has 42 valence electrons. The van der Waals surface area contributed by atoms with Crippen LogP contribution in [0, 0.1) is 0 Å². The van der Waals surface area contributed by atoms with Crippen LogP contribution in [-0.2, 0) is 9.84 Å². The van der Waals surface area contributed by atoms with Gasteiger partial charge in [-0.2, -0.15) is 0 Å². The molecule has 7 heavy (non-hydrogen) atoms. The van der Waals surface area contributed by atoms with E-state index in [9.17, 15) is 8.42 Å². The molecule has 0 atom stereocenters. The number of hydrogen-bond donors (Lipinski definition) is 0. The molecule has 1 heterocycles. The topological polar surface area (TPSA) is 34.1 Å². The lowest BCUT2D eigenvalue weighted by Crippen LogP contribution is -1.98. The molecule has 0 spiro atoms. The maximum atomic E-state index is 10.4. The summed E-state index contributed by atoms with van der Waals surface area (Å²) in [6.45, 7) is 0. The summed E-state index contributed by atoms with van der Waals surface area (Å²) in [5, 5.41) is 0. The first-order valence-corrected chi connectivity index (χ1v) is 4.23. The third kappa shape index (κ3) is 1.16. The molecule has 0 aliphatic carbocycles. The average molecular weight is 124 g/mol. The second-order valence-corrected chi connectivity index (χ2v) is 4.16. The fourth-order valence-electron chi connectivity index (χ4n) is 0.746. The summed E-state index contributed by atoms with van der Waals surface area (Å²) in [6, 6.07) is 0. The number of hydrogen-bond acceptors (Lipinski definition) is 2. The minimum Gasteiger partial charge on any atom is -0.229 e. The highest BCUT2D eigenvalue weighted by Gasteiger charge is 2.16. The highest BCUT2D eigenvalue weighted by molar-refractivity contribution is 7.91. The Labute approximate surface area is 43.5 Å². The fourth-order valence-corrected chi connectivity index (χ4v) is 2.24. The molecule has 0 aromatic rings. The van der Waals surface area contributed by atoms with Crippen molar-refractivity contribution in [2.45, 2.75) is 12.8 Å². The van der Waals surface area contributed by atoms with Crippen molar-refractivity contribution < 1.29 is 8.42 Å². The minimum atomic E-state index is -2.55. The molecule has 1 rings (SSSR count). The summed E-state index contributed by atoms with van der Waals surface area (Å²) < 4.78 is 20.9. The van der Waals surface area contributed by atoms with Gasteiger partial charge >= 0.3 is 0 Å². The second-order valence-electron chi connectivity index (χ2n) is 1.86. The van der Waals surface area contributed by atoms with Gasteiger partial charge in [0.2, 0.25) is 0 Å². The molecule has 0 aromatic heterocycles. The molecule has 0 aromatic carbocycles. The predicted octanol–water partition coefficient (Wildman–Crippen LogP) is 0.195. The second kappa shape index (κ2) is 1.47. The highest BCUT2D eigenvalue weighted by Crippen LogP contribution is 2.08. The molecular weight excluding hydrogens is 116 g/mol. The molecule has 2 nitrogen and oxygen atoms in total. The van der Waals surface area contributed by atoms with Crippen molar-refractivity contribution in [3.8, 4) is 0 Å². The van der Waals surface area contributed by atoms with E-state index in [-0.39, 0.29) is 0 Å². The third-order valence-electron chi connectivity index (χ3n) is 1.16. The van der Waals surface area contributed by atoms with Gasteiger partial charge in [-0.05, 0) is 12.8 Å². The van der Waals surface area contributed by atoms with Gasteiger partial charge in [0, 0.05) is 0 Å². The van der Waals surface area contributed by atoms with Gasteiger partial charge in [-0.25, -0.2) is 8.42 Å². The van der Waals surface area contributed by atoms with E-state index < -0.39 is 9.84 Å². The van der Waals surface area contributed by atoms with E-state index in [0.717, 1.165) is 12.8 Å². The zero-order valence-corrected chi connectivity index (χ0v) is 4.87. The first-order chi connectivity index (χ1) is 3.21. The van der Waals surface area contributed by atoms with Crippen molar-refractivity contribution in [1.82, 2.24) is 0 Å². The molecule has 3 heteroatoms. The summed E-state index contributed by atoms with van der Waals surface area (Å²) in [5.74, 6) is 0.847. The van der Waals surface area contributed by atoms with Crippen LogP contribution < -0.4 is 0 Å². The monoisotopic (exact) mass is 124 g/mol. The van der Waals surface area contributed by atoms with E-state index in [0.29, 0.717) is 11.5 Å². The Morgan fingerprint density at radius 1 is 1.00 bits per heavy atom. The Balaban J connectivity index is 2.76. The summed E-state index contributed by atoms with van der Waals surface area (Å²) >= 11 is 0. The van der Waals surface area contributed by atoms with Crippen LogP contribution in [0.4, 0.5) is 0 Å². The molecule has 0 unspecified atom stereocenters. The summed E-state index contributed by atoms with van der Waals surface area (Å²) in [7, 11) is -2.55. The van der Waals surface area contributed by atoms with Crippen LogP contribution in [0.15, 0.2) is 0 Å². The first kappa shape index (κ1) is 5.09. The van der Waals surface area contributed by atoms with Gasteiger partial charge in [-0.15, -0.1) is 0 Å². The van der Waals surface area contributed by atoms with Gasteiger partial charge in [0.15, 0.2) is 0 Å². The Morgan fingerprint density at radius 3 is 1.57 bits per heavy atom. The van der Waals surface area contributed by atoms with Gasteiger partial charge in [-0.3, -0.25) is 0 Å². The maximum absolute atomic E-state index is 10.4. The fraction of sp³-hybridized carbons (Fsp3) is 1.00. The van der Waals surface area contributed by atoms with Crippen molar-refractivity contribution in [3.63, 3.8) is 0 Å². The standard InChI is InChI=1S/C4H8O2S/c5-7(6)3-1-2-4-7/h1-4H2/i1+1,2+1,3+1,4+1. The average Bonchev–Trinajstić information content (AvgIpc) is 1.84. The smallest absolute Gasteiger partial charge is 0.150 e. The van der Waals surface area contributed by atoms with Gasteiger partial charge in [0.25, 0.3) is 0 Å². The molecule has 1 aliphatic heterocycles. The number of sulfone groups is 1. The summed E-state index contributed by atoms with van der Waals surface area (Å²) in [4.78, 5) is 0. The Kier molecular flexibility index (Phi) is 1.07. The lowest BCUT2D eigenvalue weighted by atomic mass is 11.4. The van der Waals surface area contributed by atoms with E-state index in [2.05, 4.69) is 0 Å². The lowest BCUT2D eigenvalue weighted by molar-refractivity contribution is 0.602. The van der Waals surface area contributed by atoms with Crippen molar-refractivity contribution in [2.24, 2.45) is 0 Å². The SMILES string of the molecule is O=S1(=O)[13CH2][13CH2][13CH2][13CH2]1. The largest absolute Gasteiger partial charge is 0.229 e. The first-order valence-electron chi connectivity index (χ1n) is 2.41. The van der Waals surface area contributed by atoms with Crippen LogP contribution in [0.3, 0.4) is 0 Å². The minimum absolute atomic E-state index is 0.424. The quantitative estimate of drug-likeness (QED) is 0.432. The van der Waals surface area contributed by atoms with Gasteiger partial charge in [0.1, 0.15) is 9.84 Å². The van der Waals surface area contributed by atoms with Crippen LogP contribution in [0.1, 0.15) is 12.8 Å². The Hall–Kier alpha value is -0.0500. The van der Waals surface area contributed by atoms with E-state index >= 15 is 0 Å². The van der Waals surface area contributed by atoms with E-state index in [1.54, 1.807) is 0 Å². The lowest BCUT2D eigenvalue weighted by Gasteiger charge is -1.81. The van der Waals surface area contributed by atoms with Crippen LogP contribution in [0.25, 0.3) is 0 Å². The van der Waals surface area contributed by atoms with Gasteiger partial charge in [0.05, 0.1) is 11.5 Å².